The molecule has 7 nitrogen and oxygen atoms in total. The van der Waals surface area contributed by atoms with E-state index < -0.39 is 26.8 Å². The molecular weight excluding hydrogens is 338 g/mol. The van der Waals surface area contributed by atoms with Crippen molar-refractivity contribution in [2.75, 3.05) is 0 Å². The molecule has 2 unspecified atom stereocenters. The Hall–Kier alpha value is 1.48. The number of aryl methyl sites for hydroxylation is 1. The van der Waals surface area contributed by atoms with Gasteiger partial charge in [0.2, 0.25) is 0 Å². The van der Waals surface area contributed by atoms with E-state index >= 15 is 0 Å². The van der Waals surface area contributed by atoms with Gasteiger partial charge in [-0.25, -0.2) is 0 Å². The number of hydrogen-bond donors (Lipinski definition) is 3. The Morgan fingerprint density at radius 3 is 2.29 bits per heavy atom. The zero-order valence-corrected chi connectivity index (χ0v) is 17.6. The molecule has 1 aromatic rings. The summed E-state index contributed by atoms with van der Waals surface area (Å²) in [6.07, 6.45) is 1.17. The third-order valence-electron chi connectivity index (χ3n) is 3.10. The maximum atomic E-state index is 11.1. The van der Waals surface area contributed by atoms with Crippen LogP contribution in [0, 0.1) is 0 Å². The molecule has 0 aliphatic heterocycles. The smallest absolute Gasteiger partial charge is 0.809 e. The Labute approximate surface area is 166 Å². The molecule has 1 aliphatic carbocycles. The number of rotatable bonds is 4. The van der Waals surface area contributed by atoms with Gasteiger partial charge in [0, 0.05) is 6.04 Å². The third kappa shape index (κ3) is 5.80. The topological polar surface area (TPSA) is 133 Å². The molecule has 0 fully saturated rings. The quantitative estimate of drug-likeness (QED) is 0.363. The fraction of sp³-hybridized carbons (Fsp3) is 0.400. The predicted octanol–water partition coefficient (Wildman–Crippen LogP) is -6.35. The van der Waals surface area contributed by atoms with E-state index in [4.69, 9.17) is 9.79 Å². The summed E-state index contributed by atoms with van der Waals surface area (Å²) in [7, 11) is -10.5. The third-order valence-corrected chi connectivity index (χ3v) is 6.39. The van der Waals surface area contributed by atoms with Gasteiger partial charge >= 0.3 is 66.7 Å². The minimum atomic E-state index is -5.44. The summed E-state index contributed by atoms with van der Waals surface area (Å²) in [6.45, 7) is 0. The van der Waals surface area contributed by atoms with E-state index in [1.54, 1.807) is 12.1 Å². The van der Waals surface area contributed by atoms with Crippen LogP contribution >= 0.6 is 15.2 Å². The van der Waals surface area contributed by atoms with Gasteiger partial charge in [0.1, 0.15) is 5.52 Å². The maximum absolute atomic E-state index is 11.1. The van der Waals surface area contributed by atoms with Crippen LogP contribution < -0.4 is 74.2 Å². The summed E-state index contributed by atoms with van der Waals surface area (Å²) in [5.74, 6) is 0. The van der Waals surface area contributed by atoms with E-state index in [0.717, 1.165) is 11.1 Å². The van der Waals surface area contributed by atoms with E-state index in [0.29, 0.717) is 12.8 Å². The molecule has 0 heterocycles. The summed E-state index contributed by atoms with van der Waals surface area (Å²) in [5.41, 5.74) is -0.623. The molecule has 0 saturated heterocycles. The second-order valence-electron chi connectivity index (χ2n) is 4.46. The Morgan fingerprint density at radius 2 is 1.76 bits per heavy atom. The van der Waals surface area contributed by atoms with Gasteiger partial charge in [0.15, 0.2) is 0 Å². The van der Waals surface area contributed by atoms with Crippen molar-refractivity contribution in [1.29, 1.82) is 0 Å². The monoisotopic (exact) mass is 351 g/mol. The molecule has 3 N–H and O–H groups in total. The van der Waals surface area contributed by atoms with Crippen molar-refractivity contribution in [1.82, 2.24) is 5.32 Å². The van der Waals surface area contributed by atoms with Crippen LogP contribution in [-0.4, -0.2) is 15.3 Å². The van der Waals surface area contributed by atoms with E-state index in [1.165, 1.54) is 0 Å². The molecule has 0 bridgehead atoms. The molecule has 0 saturated carbocycles. The zero-order chi connectivity index (χ0) is 14.3. The van der Waals surface area contributed by atoms with E-state index in [1.807, 2.05) is 12.1 Å². The first-order valence-corrected chi connectivity index (χ1v) is 8.90. The first-order valence-electron chi connectivity index (χ1n) is 5.60. The molecule has 11 heteroatoms. The average Bonchev–Trinajstić information content (AvgIpc) is 2.66. The number of benzene rings is 1. The Bertz CT molecular complexity index is 552. The van der Waals surface area contributed by atoms with Crippen LogP contribution in [0.1, 0.15) is 23.6 Å². The van der Waals surface area contributed by atoms with Gasteiger partial charge in [-0.2, -0.15) is 0 Å². The van der Waals surface area contributed by atoms with Crippen molar-refractivity contribution in [2.45, 2.75) is 24.4 Å². The Morgan fingerprint density at radius 1 is 1.19 bits per heavy atom. The summed E-state index contributed by atoms with van der Waals surface area (Å²) in [5, 5.41) is 2.30. The summed E-state index contributed by atoms with van der Waals surface area (Å²) < 4.78 is 22.1. The van der Waals surface area contributed by atoms with Crippen LogP contribution in [0.5, 0.6) is 0 Å². The van der Waals surface area contributed by atoms with Crippen LogP contribution in [-0.2, 0) is 15.6 Å². The van der Waals surface area contributed by atoms with Crippen molar-refractivity contribution in [3.63, 3.8) is 0 Å². The van der Waals surface area contributed by atoms with Crippen LogP contribution in [0.4, 0.5) is 0 Å². The standard InChI is InChI=1S/C10H15NO6P2.2Na/c12-18(13,14)10(19(15,16)17)11-9-6-5-7-3-1-2-4-8(7)9;;/h1-4,9-11H,5-6H2,(H2,12,13,14)(H2,15,16,17);;/q;2*+1/p-2. The molecule has 2 atom stereocenters. The van der Waals surface area contributed by atoms with Gasteiger partial charge in [-0.3, -0.25) is 9.88 Å². The van der Waals surface area contributed by atoms with Gasteiger partial charge < -0.3 is 24.1 Å². The molecule has 0 radical (unpaired) electrons. The second-order valence-corrected chi connectivity index (χ2v) is 8.16. The molecule has 21 heavy (non-hydrogen) atoms. The van der Waals surface area contributed by atoms with Crippen molar-refractivity contribution < 1.29 is 87.8 Å². The first-order chi connectivity index (χ1) is 8.69. The molecular formula is C10H13NNa2O6P2. The number of nitrogens with one attached hydrogen (secondary N) is 1. The fourth-order valence-corrected chi connectivity index (χ4v) is 4.49. The average molecular weight is 351 g/mol. The molecule has 2 rings (SSSR count). The first kappa shape index (κ1) is 22.5. The summed E-state index contributed by atoms with van der Waals surface area (Å²) >= 11 is 0. The van der Waals surface area contributed by atoms with Crippen LogP contribution in [0.25, 0.3) is 0 Å². The molecule has 0 amide bonds. The molecule has 1 aromatic carbocycles. The molecule has 106 valence electrons. The Kier molecular flexibility index (Phi) is 9.14. The van der Waals surface area contributed by atoms with Gasteiger partial charge in [0.05, 0.1) is 0 Å². The minimum absolute atomic E-state index is 0. The number of fused-ring (bicyclic) bond motifs is 1. The molecule has 0 spiro atoms. The Balaban J connectivity index is 0.00000200. The summed E-state index contributed by atoms with van der Waals surface area (Å²) in [6, 6.07) is 6.65. The zero-order valence-electron chi connectivity index (χ0n) is 11.8. The van der Waals surface area contributed by atoms with Crippen molar-refractivity contribution in [2.24, 2.45) is 0 Å². The fourth-order valence-electron chi connectivity index (χ4n) is 2.28. The molecule has 0 aromatic heterocycles. The van der Waals surface area contributed by atoms with Crippen LogP contribution in [0.15, 0.2) is 24.3 Å². The van der Waals surface area contributed by atoms with Gasteiger partial charge in [-0.1, -0.05) is 24.3 Å². The summed E-state index contributed by atoms with van der Waals surface area (Å²) in [4.78, 5) is 40.0. The van der Waals surface area contributed by atoms with Gasteiger partial charge in [-0.15, -0.1) is 0 Å². The van der Waals surface area contributed by atoms with Crippen LogP contribution in [0.2, 0.25) is 0 Å². The van der Waals surface area contributed by atoms with Gasteiger partial charge in [0.25, 0.3) is 0 Å². The van der Waals surface area contributed by atoms with Crippen molar-refractivity contribution in [3.05, 3.63) is 35.4 Å². The number of hydrogen-bond acceptors (Lipinski definition) is 5. The van der Waals surface area contributed by atoms with E-state index in [-0.39, 0.29) is 59.1 Å². The van der Waals surface area contributed by atoms with Crippen molar-refractivity contribution in [3.8, 4) is 0 Å². The van der Waals surface area contributed by atoms with E-state index in [2.05, 4.69) is 5.32 Å². The van der Waals surface area contributed by atoms with E-state index in [9.17, 15) is 18.9 Å². The second kappa shape index (κ2) is 8.54. The SMILES string of the molecule is O=P([O-])([O-])C(NC1CCc2ccccc21)P(=O)(O)O.[Na+].[Na+]. The predicted molar refractivity (Wildman–Crippen MR) is 64.1 cm³/mol. The molecule has 1 aliphatic rings. The van der Waals surface area contributed by atoms with Crippen molar-refractivity contribution >= 4 is 15.2 Å². The van der Waals surface area contributed by atoms with Gasteiger partial charge in [-0.05, 0) is 31.6 Å². The normalized spacial score (nSPS) is 19.1. The van der Waals surface area contributed by atoms with Crippen LogP contribution in [0.3, 0.4) is 0 Å². The minimum Gasteiger partial charge on any atom is -0.809 e. The largest absolute Gasteiger partial charge is 1.00 e. The maximum Gasteiger partial charge on any atom is 1.00 e.